The molecule has 0 aliphatic carbocycles. The summed E-state index contributed by atoms with van der Waals surface area (Å²) in [6.07, 6.45) is 0. The number of ether oxygens (including phenoxy) is 1. The van der Waals surface area contributed by atoms with Crippen LogP contribution in [0.2, 0.25) is 0 Å². The number of hydrogen-bond donors (Lipinski definition) is 2. The van der Waals surface area contributed by atoms with Gasteiger partial charge in [0, 0.05) is 6.07 Å². The van der Waals surface area contributed by atoms with Gasteiger partial charge in [-0.3, -0.25) is 14.9 Å². The minimum Gasteiger partial charge on any atom is -0.494 e. The standard InChI is InChI=1S/C10H9N5O4S/c1-19-7-4-5(15(17)18)2-3-6(7)12-8(16)9-13-14-10(11)20-9/h2-4H,1H3,(H2,11,14)(H,12,16). The van der Waals surface area contributed by atoms with Crippen molar-refractivity contribution in [1.29, 1.82) is 0 Å². The molecule has 0 aliphatic heterocycles. The average Bonchev–Trinajstić information content (AvgIpc) is 2.85. The van der Waals surface area contributed by atoms with E-state index in [4.69, 9.17) is 10.5 Å². The first-order valence-electron chi connectivity index (χ1n) is 5.24. The molecule has 1 aromatic carbocycles. The zero-order chi connectivity index (χ0) is 14.7. The van der Waals surface area contributed by atoms with E-state index < -0.39 is 10.8 Å². The van der Waals surface area contributed by atoms with Crippen LogP contribution in [0.5, 0.6) is 5.75 Å². The summed E-state index contributed by atoms with van der Waals surface area (Å²) in [5, 5.41) is 20.6. The lowest BCUT2D eigenvalue weighted by molar-refractivity contribution is -0.384. The van der Waals surface area contributed by atoms with Gasteiger partial charge in [-0.15, -0.1) is 10.2 Å². The Morgan fingerprint density at radius 3 is 2.80 bits per heavy atom. The Labute approximate surface area is 116 Å². The number of nitro groups is 1. The van der Waals surface area contributed by atoms with Crippen LogP contribution in [-0.4, -0.2) is 28.1 Å². The molecule has 3 N–H and O–H groups in total. The monoisotopic (exact) mass is 295 g/mol. The highest BCUT2D eigenvalue weighted by Gasteiger charge is 2.16. The van der Waals surface area contributed by atoms with Crippen LogP contribution in [0.4, 0.5) is 16.5 Å². The number of anilines is 2. The number of nitrogens with two attached hydrogens (primary N) is 1. The number of carbonyl (C=O) groups excluding carboxylic acids is 1. The van der Waals surface area contributed by atoms with E-state index in [9.17, 15) is 14.9 Å². The van der Waals surface area contributed by atoms with Crippen LogP contribution in [-0.2, 0) is 0 Å². The molecule has 0 aliphatic rings. The normalized spacial score (nSPS) is 10.1. The summed E-state index contributed by atoms with van der Waals surface area (Å²) in [5.74, 6) is -0.351. The predicted octanol–water partition coefficient (Wildman–Crippen LogP) is 1.29. The van der Waals surface area contributed by atoms with E-state index in [1.54, 1.807) is 0 Å². The fourth-order valence-corrected chi connectivity index (χ4v) is 1.90. The van der Waals surface area contributed by atoms with Gasteiger partial charge in [-0.25, -0.2) is 0 Å². The Morgan fingerprint density at radius 1 is 1.50 bits per heavy atom. The third kappa shape index (κ3) is 2.80. The lowest BCUT2D eigenvalue weighted by Crippen LogP contribution is -2.12. The predicted molar refractivity (Wildman–Crippen MR) is 71.9 cm³/mol. The Balaban J connectivity index is 2.25. The topological polar surface area (TPSA) is 133 Å². The van der Waals surface area contributed by atoms with E-state index in [2.05, 4.69) is 15.5 Å². The van der Waals surface area contributed by atoms with Gasteiger partial charge in [0.1, 0.15) is 5.75 Å². The molecule has 0 bridgehead atoms. The van der Waals surface area contributed by atoms with Crippen molar-refractivity contribution < 1.29 is 14.5 Å². The van der Waals surface area contributed by atoms with Crippen molar-refractivity contribution in [3.8, 4) is 5.75 Å². The number of rotatable bonds is 4. The van der Waals surface area contributed by atoms with E-state index in [0.717, 1.165) is 11.3 Å². The number of methoxy groups -OCH3 is 1. The molecule has 20 heavy (non-hydrogen) atoms. The average molecular weight is 295 g/mol. The van der Waals surface area contributed by atoms with Gasteiger partial charge in [0.2, 0.25) is 10.1 Å². The molecule has 0 saturated heterocycles. The minimum atomic E-state index is -0.556. The molecule has 2 rings (SSSR count). The molecule has 1 amide bonds. The molecule has 2 aromatic rings. The first-order chi connectivity index (χ1) is 9.51. The summed E-state index contributed by atoms with van der Waals surface area (Å²) in [5.41, 5.74) is 5.53. The van der Waals surface area contributed by atoms with E-state index in [0.29, 0.717) is 0 Å². The Kier molecular flexibility index (Phi) is 3.75. The van der Waals surface area contributed by atoms with Gasteiger partial charge in [0.15, 0.2) is 0 Å². The molecule has 0 fully saturated rings. The number of nitro benzene ring substituents is 1. The van der Waals surface area contributed by atoms with Crippen LogP contribution in [0.3, 0.4) is 0 Å². The molecule has 10 heteroatoms. The second-order valence-electron chi connectivity index (χ2n) is 3.54. The highest BCUT2D eigenvalue weighted by atomic mass is 32.1. The number of nitrogens with zero attached hydrogens (tertiary/aromatic N) is 3. The van der Waals surface area contributed by atoms with Crippen LogP contribution in [0.25, 0.3) is 0 Å². The number of amides is 1. The van der Waals surface area contributed by atoms with Crippen LogP contribution >= 0.6 is 11.3 Å². The third-order valence-electron chi connectivity index (χ3n) is 2.28. The van der Waals surface area contributed by atoms with Crippen molar-refractivity contribution in [2.45, 2.75) is 0 Å². The van der Waals surface area contributed by atoms with Crippen molar-refractivity contribution in [2.75, 3.05) is 18.2 Å². The van der Waals surface area contributed by atoms with Gasteiger partial charge >= 0.3 is 0 Å². The van der Waals surface area contributed by atoms with Gasteiger partial charge in [0.05, 0.1) is 23.8 Å². The maximum absolute atomic E-state index is 11.9. The number of benzene rings is 1. The SMILES string of the molecule is COc1cc([N+](=O)[O-])ccc1NC(=O)c1nnc(N)s1. The molecule has 1 heterocycles. The van der Waals surface area contributed by atoms with Crippen LogP contribution < -0.4 is 15.8 Å². The van der Waals surface area contributed by atoms with Gasteiger partial charge in [-0.1, -0.05) is 11.3 Å². The number of hydrogen-bond acceptors (Lipinski definition) is 8. The fraction of sp³-hybridized carbons (Fsp3) is 0.100. The van der Waals surface area contributed by atoms with Crippen molar-refractivity contribution in [2.24, 2.45) is 0 Å². The van der Waals surface area contributed by atoms with Crippen LogP contribution in [0.1, 0.15) is 9.80 Å². The smallest absolute Gasteiger partial charge is 0.286 e. The van der Waals surface area contributed by atoms with Gasteiger partial charge < -0.3 is 15.8 Å². The zero-order valence-corrected chi connectivity index (χ0v) is 11.0. The highest BCUT2D eigenvalue weighted by molar-refractivity contribution is 7.16. The summed E-state index contributed by atoms with van der Waals surface area (Å²) in [6.45, 7) is 0. The molecule has 104 valence electrons. The van der Waals surface area contributed by atoms with Gasteiger partial charge in [-0.2, -0.15) is 0 Å². The quantitative estimate of drug-likeness (QED) is 0.641. The summed E-state index contributed by atoms with van der Waals surface area (Å²) >= 11 is 0.931. The molecule has 0 saturated carbocycles. The zero-order valence-electron chi connectivity index (χ0n) is 10.2. The molecule has 0 atom stereocenters. The molecule has 0 radical (unpaired) electrons. The maximum atomic E-state index is 11.9. The van der Waals surface area contributed by atoms with E-state index >= 15 is 0 Å². The molecule has 1 aromatic heterocycles. The first-order valence-corrected chi connectivity index (χ1v) is 6.05. The lowest BCUT2D eigenvalue weighted by atomic mass is 10.2. The number of non-ortho nitro benzene ring substituents is 1. The van der Waals surface area contributed by atoms with Crippen molar-refractivity contribution in [1.82, 2.24) is 10.2 Å². The fourth-order valence-electron chi connectivity index (χ4n) is 1.40. The summed E-state index contributed by atoms with van der Waals surface area (Å²) in [4.78, 5) is 22.0. The summed E-state index contributed by atoms with van der Waals surface area (Å²) in [7, 11) is 1.34. The van der Waals surface area contributed by atoms with Crippen molar-refractivity contribution >= 4 is 33.8 Å². The molecule has 9 nitrogen and oxygen atoms in total. The minimum absolute atomic E-state index is 0.0860. The molecular formula is C10H9N5O4S. The van der Waals surface area contributed by atoms with Crippen molar-refractivity contribution in [3.63, 3.8) is 0 Å². The number of carbonyl (C=O) groups is 1. The Bertz CT molecular complexity index is 671. The summed E-state index contributed by atoms with van der Waals surface area (Å²) < 4.78 is 5.00. The molecule has 0 spiro atoms. The van der Waals surface area contributed by atoms with Crippen molar-refractivity contribution in [3.05, 3.63) is 33.3 Å². The third-order valence-corrected chi connectivity index (χ3v) is 3.03. The first kappa shape index (κ1) is 13.7. The van der Waals surface area contributed by atoms with E-state index in [-0.39, 0.29) is 27.3 Å². The number of nitrogens with one attached hydrogen (secondary N) is 1. The largest absolute Gasteiger partial charge is 0.494 e. The summed E-state index contributed by atoms with van der Waals surface area (Å²) in [6, 6.07) is 3.84. The molecular weight excluding hydrogens is 286 g/mol. The second-order valence-corrected chi connectivity index (χ2v) is 4.55. The highest BCUT2D eigenvalue weighted by Crippen LogP contribution is 2.29. The number of nitrogen functional groups attached to an aromatic ring is 1. The van der Waals surface area contributed by atoms with Gasteiger partial charge in [0.25, 0.3) is 11.6 Å². The maximum Gasteiger partial charge on any atom is 0.286 e. The van der Waals surface area contributed by atoms with Crippen LogP contribution in [0.15, 0.2) is 18.2 Å². The Hall–Kier alpha value is -2.75. The lowest BCUT2D eigenvalue weighted by Gasteiger charge is -2.08. The Morgan fingerprint density at radius 2 is 2.25 bits per heavy atom. The molecule has 0 unspecified atom stereocenters. The second kappa shape index (κ2) is 5.48. The number of aromatic nitrogens is 2. The van der Waals surface area contributed by atoms with Gasteiger partial charge in [-0.05, 0) is 6.07 Å². The van der Waals surface area contributed by atoms with Crippen LogP contribution in [0, 0.1) is 10.1 Å². The van der Waals surface area contributed by atoms with E-state index in [1.807, 2.05) is 0 Å². The van der Waals surface area contributed by atoms with E-state index in [1.165, 1.54) is 25.3 Å².